The average molecular weight is 734 g/mol. The van der Waals surface area contributed by atoms with Crippen LogP contribution in [0.1, 0.15) is 51.5 Å². The van der Waals surface area contributed by atoms with Gasteiger partial charge in [0.15, 0.2) is 14.1 Å². The zero-order valence-corrected chi connectivity index (χ0v) is 33.9. The van der Waals surface area contributed by atoms with E-state index >= 15 is 0 Å². The molecule has 1 aromatic heterocycles. The van der Waals surface area contributed by atoms with Crippen LogP contribution in [0.5, 0.6) is 5.75 Å². The largest absolute Gasteiger partial charge is 0.534 e. The highest BCUT2D eigenvalue weighted by molar-refractivity contribution is 7.00. The van der Waals surface area contributed by atoms with Crippen molar-refractivity contribution in [3.63, 3.8) is 0 Å². The highest BCUT2D eigenvalue weighted by Crippen LogP contribution is 2.46. The predicted molar refractivity (Wildman–Crippen MR) is 225 cm³/mol. The van der Waals surface area contributed by atoms with Crippen LogP contribution in [-0.2, 0) is 10.8 Å². The summed E-state index contributed by atoms with van der Waals surface area (Å²) < 4.78 is 21.7. The van der Waals surface area contributed by atoms with E-state index in [0.29, 0.717) is 12.3 Å². The number of allylic oxidation sites excluding steroid dienone is 1. The van der Waals surface area contributed by atoms with E-state index in [2.05, 4.69) is 168 Å². The van der Waals surface area contributed by atoms with Gasteiger partial charge in [0.1, 0.15) is 11.4 Å². The number of rotatable bonds is 11. The Labute approximate surface area is 317 Å². The van der Waals surface area contributed by atoms with Gasteiger partial charge in [-0.05, 0) is 72.0 Å². The molecular formula is C47H51NO3Si2. The second kappa shape index (κ2) is 14.9. The van der Waals surface area contributed by atoms with Crippen LogP contribution in [0.15, 0.2) is 156 Å². The lowest BCUT2D eigenvalue weighted by atomic mass is 9.78. The molecule has 5 aromatic carbocycles. The first kappa shape index (κ1) is 36.6. The maximum absolute atomic E-state index is 7.49. The third-order valence-corrected chi connectivity index (χ3v) is 16.1. The first-order chi connectivity index (χ1) is 25.5. The summed E-state index contributed by atoms with van der Waals surface area (Å²) in [7, 11) is -4.90. The van der Waals surface area contributed by atoms with E-state index in [1.165, 1.54) is 15.9 Å². The normalized spacial score (nSPS) is 16.6. The van der Waals surface area contributed by atoms with Gasteiger partial charge in [0, 0.05) is 23.1 Å². The number of benzene rings is 5. The standard InChI is InChI=1S/C47H51NO3Si2/c1-46(2,3)53(40-28-15-9-16-29-40,41-30-17-10-18-31-41)50-39-27-21-22-36(34-39)35-47(51-52(4,5)6)33-20-19-32-42(47)45-48-43(37-23-11-7-12-24-37)44(49-45)38-25-13-8-14-26-38/h7-18,21-32,34H,19-20,33,35H2,1-6H3. The molecule has 1 aliphatic carbocycles. The Balaban J connectivity index is 1.32. The molecule has 6 aromatic rings. The van der Waals surface area contributed by atoms with Crippen molar-refractivity contribution in [2.75, 3.05) is 0 Å². The minimum absolute atomic E-state index is 0.148. The monoisotopic (exact) mass is 733 g/mol. The third-order valence-electron chi connectivity index (χ3n) is 10.1. The second-order valence-electron chi connectivity index (χ2n) is 16.2. The van der Waals surface area contributed by atoms with Crippen molar-refractivity contribution in [2.24, 2.45) is 0 Å². The van der Waals surface area contributed by atoms with Crippen LogP contribution in [0.4, 0.5) is 0 Å². The topological polar surface area (TPSA) is 44.5 Å². The van der Waals surface area contributed by atoms with Crippen molar-refractivity contribution < 1.29 is 13.3 Å². The quantitative estimate of drug-likeness (QED) is 0.124. The Morgan fingerprint density at radius 1 is 0.698 bits per heavy atom. The number of nitrogens with zero attached hydrogens (tertiary/aromatic N) is 1. The van der Waals surface area contributed by atoms with Gasteiger partial charge in [0.25, 0.3) is 0 Å². The zero-order chi connectivity index (χ0) is 37.1. The van der Waals surface area contributed by atoms with E-state index in [9.17, 15) is 0 Å². The molecule has 1 unspecified atom stereocenters. The summed E-state index contributed by atoms with van der Waals surface area (Å²) >= 11 is 0. The Hall–Kier alpha value is -4.76. The minimum atomic E-state index is -2.82. The molecule has 0 amide bonds. The molecule has 1 heterocycles. The van der Waals surface area contributed by atoms with E-state index in [4.69, 9.17) is 18.3 Å². The van der Waals surface area contributed by atoms with Gasteiger partial charge in [0.2, 0.25) is 5.89 Å². The summed E-state index contributed by atoms with van der Waals surface area (Å²) in [5, 5.41) is 2.37. The number of aromatic nitrogens is 1. The van der Waals surface area contributed by atoms with Gasteiger partial charge < -0.3 is 13.3 Å². The summed E-state index contributed by atoms with van der Waals surface area (Å²) in [4.78, 5) is 5.29. The fraction of sp³-hybridized carbons (Fsp3) is 0.255. The molecule has 0 bridgehead atoms. The van der Waals surface area contributed by atoms with Crippen molar-refractivity contribution in [3.05, 3.63) is 163 Å². The molecule has 0 saturated carbocycles. The summed E-state index contributed by atoms with van der Waals surface area (Å²) in [6.07, 6.45) is 5.87. The fourth-order valence-corrected chi connectivity index (χ4v) is 13.9. The number of hydrogen-bond acceptors (Lipinski definition) is 4. The average Bonchev–Trinajstić information content (AvgIpc) is 3.60. The van der Waals surface area contributed by atoms with Crippen LogP contribution in [0.3, 0.4) is 0 Å². The van der Waals surface area contributed by atoms with Crippen LogP contribution in [0.2, 0.25) is 24.7 Å². The molecule has 7 rings (SSSR count). The van der Waals surface area contributed by atoms with Crippen molar-refractivity contribution >= 4 is 32.6 Å². The first-order valence-corrected chi connectivity index (χ1v) is 24.2. The van der Waals surface area contributed by atoms with Crippen LogP contribution in [0, 0.1) is 0 Å². The molecule has 6 heteroatoms. The lowest BCUT2D eigenvalue weighted by Crippen LogP contribution is -2.68. The molecule has 1 aliphatic rings. The van der Waals surface area contributed by atoms with Gasteiger partial charge in [0.05, 0.1) is 5.60 Å². The van der Waals surface area contributed by atoms with Gasteiger partial charge in [-0.3, -0.25) is 0 Å². The van der Waals surface area contributed by atoms with Crippen LogP contribution in [-0.4, -0.2) is 27.2 Å². The molecule has 1 atom stereocenters. The van der Waals surface area contributed by atoms with E-state index in [1.54, 1.807) is 0 Å². The maximum Gasteiger partial charge on any atom is 0.319 e. The lowest BCUT2D eigenvalue weighted by molar-refractivity contribution is 0.103. The van der Waals surface area contributed by atoms with Gasteiger partial charge in [-0.25, -0.2) is 4.98 Å². The molecule has 0 N–H and O–H groups in total. The highest BCUT2D eigenvalue weighted by Gasteiger charge is 2.52. The molecule has 0 saturated heterocycles. The molecule has 0 spiro atoms. The molecule has 0 aliphatic heterocycles. The minimum Gasteiger partial charge on any atom is -0.534 e. The Bertz CT molecular complexity index is 2050. The highest BCUT2D eigenvalue weighted by atomic mass is 28.4. The van der Waals surface area contributed by atoms with Gasteiger partial charge in [-0.15, -0.1) is 0 Å². The summed E-state index contributed by atoms with van der Waals surface area (Å²) in [5.74, 6) is 2.30. The van der Waals surface area contributed by atoms with Crippen molar-refractivity contribution in [1.29, 1.82) is 0 Å². The SMILES string of the molecule is CC(C)(C)[Si](Oc1cccc(CC2(O[Si](C)(C)C)CCCC=C2c2nc(-c3ccccc3)c(-c3ccccc3)o2)c1)(c1ccccc1)c1ccccc1. The molecular weight excluding hydrogens is 683 g/mol. The fourth-order valence-electron chi connectivity index (χ4n) is 8.04. The molecule has 0 fully saturated rings. The molecule has 0 radical (unpaired) electrons. The van der Waals surface area contributed by atoms with Crippen LogP contribution < -0.4 is 14.8 Å². The Kier molecular flexibility index (Phi) is 10.3. The van der Waals surface area contributed by atoms with Crippen molar-refractivity contribution in [2.45, 2.75) is 76.7 Å². The molecule has 53 heavy (non-hydrogen) atoms. The second-order valence-corrected chi connectivity index (χ2v) is 24.9. The van der Waals surface area contributed by atoms with Crippen LogP contribution >= 0.6 is 0 Å². The maximum atomic E-state index is 7.49. The van der Waals surface area contributed by atoms with E-state index in [-0.39, 0.29) is 5.04 Å². The Morgan fingerprint density at radius 3 is 1.83 bits per heavy atom. The molecule has 4 nitrogen and oxygen atoms in total. The predicted octanol–water partition coefficient (Wildman–Crippen LogP) is 11.3. The first-order valence-electron chi connectivity index (χ1n) is 18.9. The van der Waals surface area contributed by atoms with E-state index in [1.807, 2.05) is 24.3 Å². The smallest absolute Gasteiger partial charge is 0.319 e. The van der Waals surface area contributed by atoms with E-state index in [0.717, 1.165) is 53.2 Å². The van der Waals surface area contributed by atoms with Gasteiger partial charge >= 0.3 is 8.32 Å². The summed E-state index contributed by atoms with van der Waals surface area (Å²) in [5.41, 5.74) is 4.49. The van der Waals surface area contributed by atoms with Crippen LogP contribution in [0.25, 0.3) is 28.2 Å². The molecule has 270 valence electrons. The third kappa shape index (κ3) is 7.68. The number of oxazole rings is 1. The van der Waals surface area contributed by atoms with Gasteiger partial charge in [-0.2, -0.15) is 0 Å². The lowest BCUT2D eigenvalue weighted by Gasteiger charge is -2.43. The Morgan fingerprint density at radius 2 is 1.26 bits per heavy atom. The summed E-state index contributed by atoms with van der Waals surface area (Å²) in [6, 6.07) is 51.1. The van der Waals surface area contributed by atoms with Gasteiger partial charge in [-0.1, -0.05) is 160 Å². The van der Waals surface area contributed by atoms with Crippen molar-refractivity contribution in [1.82, 2.24) is 4.98 Å². The number of hydrogen-bond donors (Lipinski definition) is 0. The van der Waals surface area contributed by atoms with E-state index < -0.39 is 22.2 Å². The van der Waals surface area contributed by atoms with Crippen molar-refractivity contribution in [3.8, 4) is 28.3 Å². The zero-order valence-electron chi connectivity index (χ0n) is 31.9. The summed E-state index contributed by atoms with van der Waals surface area (Å²) in [6.45, 7) is 13.8.